The smallest absolute Gasteiger partial charge is 0.313 e. The van der Waals surface area contributed by atoms with Crippen molar-refractivity contribution in [2.75, 3.05) is 5.32 Å². The molecule has 7 heteroatoms. The Hall–Kier alpha value is -2.47. The quantitative estimate of drug-likeness (QED) is 0.853. The van der Waals surface area contributed by atoms with Crippen LogP contribution in [0.5, 0.6) is 0 Å². The van der Waals surface area contributed by atoms with Crippen LogP contribution in [-0.2, 0) is 16.1 Å². The van der Waals surface area contributed by atoms with E-state index in [0.29, 0.717) is 5.56 Å². The van der Waals surface area contributed by atoms with Crippen LogP contribution in [0, 0.1) is 11.6 Å². The molecule has 2 aromatic rings. The predicted octanol–water partition coefficient (Wildman–Crippen LogP) is 2.87. The number of halogens is 3. The summed E-state index contributed by atoms with van der Waals surface area (Å²) in [5.41, 5.74) is 0.478. The van der Waals surface area contributed by atoms with E-state index < -0.39 is 23.4 Å². The molecule has 2 N–H and O–H groups in total. The van der Waals surface area contributed by atoms with Crippen LogP contribution in [0.3, 0.4) is 0 Å². The average molecular weight is 325 g/mol. The fourth-order valence-electron chi connectivity index (χ4n) is 1.63. The molecule has 2 rings (SSSR count). The predicted molar refractivity (Wildman–Crippen MR) is 78.3 cm³/mol. The van der Waals surface area contributed by atoms with Gasteiger partial charge >= 0.3 is 11.8 Å². The summed E-state index contributed by atoms with van der Waals surface area (Å²) >= 11 is 5.59. The van der Waals surface area contributed by atoms with E-state index in [4.69, 9.17) is 11.6 Å². The first-order valence-corrected chi connectivity index (χ1v) is 6.62. The van der Waals surface area contributed by atoms with Crippen LogP contribution in [0.15, 0.2) is 42.5 Å². The number of nitrogens with one attached hydrogen (secondary N) is 2. The highest BCUT2D eigenvalue weighted by atomic mass is 35.5. The summed E-state index contributed by atoms with van der Waals surface area (Å²) in [4.78, 5) is 23.3. The van der Waals surface area contributed by atoms with Crippen molar-refractivity contribution in [3.05, 3.63) is 64.7 Å². The summed E-state index contributed by atoms with van der Waals surface area (Å²) in [6.07, 6.45) is 0. The van der Waals surface area contributed by atoms with E-state index in [1.807, 2.05) is 0 Å². The van der Waals surface area contributed by atoms with Crippen molar-refractivity contribution in [1.82, 2.24) is 5.32 Å². The van der Waals surface area contributed by atoms with Crippen molar-refractivity contribution in [3.8, 4) is 0 Å². The fourth-order valence-corrected chi connectivity index (χ4v) is 1.79. The number of carbonyl (C=O) groups is 2. The molecule has 0 bridgehead atoms. The Bertz CT molecular complexity index is 705. The van der Waals surface area contributed by atoms with Gasteiger partial charge in [-0.05, 0) is 35.9 Å². The first-order chi connectivity index (χ1) is 10.5. The molecule has 0 aliphatic rings. The molecule has 0 atom stereocenters. The summed E-state index contributed by atoms with van der Waals surface area (Å²) in [6, 6.07) is 9.10. The van der Waals surface area contributed by atoms with Crippen molar-refractivity contribution in [1.29, 1.82) is 0 Å². The number of benzene rings is 2. The number of anilines is 1. The zero-order valence-corrected chi connectivity index (χ0v) is 12.0. The van der Waals surface area contributed by atoms with E-state index >= 15 is 0 Å². The maximum Gasteiger partial charge on any atom is 0.313 e. The van der Waals surface area contributed by atoms with E-state index in [2.05, 4.69) is 10.6 Å². The van der Waals surface area contributed by atoms with Crippen molar-refractivity contribution >= 4 is 29.1 Å². The Balaban J connectivity index is 1.92. The van der Waals surface area contributed by atoms with Crippen molar-refractivity contribution < 1.29 is 18.4 Å². The molecule has 0 radical (unpaired) electrons. The maximum absolute atomic E-state index is 13.5. The normalized spacial score (nSPS) is 10.1. The van der Waals surface area contributed by atoms with E-state index in [1.165, 1.54) is 36.4 Å². The van der Waals surface area contributed by atoms with Gasteiger partial charge in [0, 0.05) is 11.6 Å². The highest BCUT2D eigenvalue weighted by Gasteiger charge is 2.15. The lowest BCUT2D eigenvalue weighted by Gasteiger charge is -2.07. The van der Waals surface area contributed by atoms with Crippen LogP contribution >= 0.6 is 11.6 Å². The third-order valence-electron chi connectivity index (χ3n) is 2.75. The molecule has 0 heterocycles. The van der Waals surface area contributed by atoms with Crippen molar-refractivity contribution in [3.63, 3.8) is 0 Å². The lowest BCUT2D eigenvalue weighted by molar-refractivity contribution is -0.136. The Labute approximate surface area is 130 Å². The first-order valence-electron chi connectivity index (χ1n) is 6.24. The largest absolute Gasteiger partial charge is 0.344 e. The van der Waals surface area contributed by atoms with E-state index in [0.717, 1.165) is 6.07 Å². The van der Waals surface area contributed by atoms with Gasteiger partial charge in [0.2, 0.25) is 0 Å². The SMILES string of the molecule is O=C(NCc1ccc(F)cc1)C(=O)Nc1ccc(Cl)cc1F. The first kappa shape index (κ1) is 15.9. The Morgan fingerprint density at radius 2 is 1.68 bits per heavy atom. The molecular formula is C15H11ClF2N2O2. The van der Waals surface area contributed by atoms with Crippen LogP contribution < -0.4 is 10.6 Å². The monoisotopic (exact) mass is 324 g/mol. The molecule has 0 aliphatic carbocycles. The van der Waals surface area contributed by atoms with Gasteiger partial charge in [-0.3, -0.25) is 9.59 Å². The Morgan fingerprint density at radius 1 is 1.00 bits per heavy atom. The number of hydrogen-bond donors (Lipinski definition) is 2. The van der Waals surface area contributed by atoms with Crippen LogP contribution in [0.2, 0.25) is 5.02 Å². The topological polar surface area (TPSA) is 58.2 Å². The molecule has 0 unspecified atom stereocenters. The van der Waals surface area contributed by atoms with Gasteiger partial charge in [-0.2, -0.15) is 0 Å². The maximum atomic E-state index is 13.5. The van der Waals surface area contributed by atoms with E-state index in [9.17, 15) is 18.4 Å². The third kappa shape index (κ3) is 4.26. The minimum atomic E-state index is -1.01. The number of rotatable bonds is 3. The molecule has 4 nitrogen and oxygen atoms in total. The molecule has 0 saturated heterocycles. The van der Waals surface area contributed by atoms with Crippen LogP contribution in [0.4, 0.5) is 14.5 Å². The van der Waals surface area contributed by atoms with Crippen molar-refractivity contribution in [2.45, 2.75) is 6.54 Å². The third-order valence-corrected chi connectivity index (χ3v) is 2.99. The molecule has 2 aromatic carbocycles. The minimum absolute atomic E-state index is 0.0512. The minimum Gasteiger partial charge on any atom is -0.344 e. The molecule has 2 amide bonds. The Kier molecular flexibility index (Phi) is 5.06. The van der Waals surface area contributed by atoms with Gasteiger partial charge in [0.05, 0.1) is 5.69 Å². The average Bonchev–Trinajstić information content (AvgIpc) is 2.49. The summed E-state index contributed by atoms with van der Waals surface area (Å²) < 4.78 is 26.2. The van der Waals surface area contributed by atoms with Gasteiger partial charge < -0.3 is 10.6 Å². The second-order valence-electron chi connectivity index (χ2n) is 4.39. The van der Waals surface area contributed by atoms with Gasteiger partial charge in [0.1, 0.15) is 11.6 Å². The van der Waals surface area contributed by atoms with Crippen LogP contribution in [0.1, 0.15) is 5.56 Å². The zero-order valence-electron chi connectivity index (χ0n) is 11.2. The number of hydrogen-bond acceptors (Lipinski definition) is 2. The summed E-state index contributed by atoms with van der Waals surface area (Å²) in [6.45, 7) is 0.0512. The molecular weight excluding hydrogens is 314 g/mol. The van der Waals surface area contributed by atoms with Gasteiger partial charge in [-0.1, -0.05) is 23.7 Å². The molecule has 0 saturated carbocycles. The molecule has 22 heavy (non-hydrogen) atoms. The van der Waals surface area contributed by atoms with E-state index in [-0.39, 0.29) is 17.3 Å². The summed E-state index contributed by atoms with van der Waals surface area (Å²) in [5.74, 6) is -3.08. The molecule has 0 aromatic heterocycles. The second kappa shape index (κ2) is 7.00. The van der Waals surface area contributed by atoms with Gasteiger partial charge in [0.15, 0.2) is 0 Å². The molecule has 0 spiro atoms. The standard InChI is InChI=1S/C15H11ClF2N2O2/c16-10-3-6-13(12(18)7-10)20-15(22)14(21)19-8-9-1-4-11(17)5-2-9/h1-7H,8H2,(H,19,21)(H,20,22). The zero-order chi connectivity index (χ0) is 16.1. The Morgan fingerprint density at radius 3 is 2.32 bits per heavy atom. The number of amides is 2. The second-order valence-corrected chi connectivity index (χ2v) is 4.82. The number of carbonyl (C=O) groups excluding carboxylic acids is 2. The lowest BCUT2D eigenvalue weighted by Crippen LogP contribution is -2.35. The van der Waals surface area contributed by atoms with E-state index in [1.54, 1.807) is 0 Å². The summed E-state index contributed by atoms with van der Waals surface area (Å²) in [5, 5.41) is 4.66. The summed E-state index contributed by atoms with van der Waals surface area (Å²) in [7, 11) is 0. The van der Waals surface area contributed by atoms with Crippen molar-refractivity contribution in [2.24, 2.45) is 0 Å². The molecule has 114 valence electrons. The molecule has 0 fully saturated rings. The highest BCUT2D eigenvalue weighted by molar-refractivity contribution is 6.39. The molecule has 0 aliphatic heterocycles. The lowest BCUT2D eigenvalue weighted by atomic mass is 10.2. The van der Waals surface area contributed by atoms with Crippen LogP contribution in [-0.4, -0.2) is 11.8 Å². The van der Waals surface area contributed by atoms with Gasteiger partial charge in [-0.25, -0.2) is 8.78 Å². The van der Waals surface area contributed by atoms with Gasteiger partial charge in [0.25, 0.3) is 0 Å². The van der Waals surface area contributed by atoms with Gasteiger partial charge in [-0.15, -0.1) is 0 Å². The fraction of sp³-hybridized carbons (Fsp3) is 0.0667. The highest BCUT2D eigenvalue weighted by Crippen LogP contribution is 2.18. The van der Waals surface area contributed by atoms with Crippen LogP contribution in [0.25, 0.3) is 0 Å².